The van der Waals surface area contributed by atoms with E-state index in [2.05, 4.69) is 15.3 Å². The Bertz CT molecular complexity index is 1000. The Labute approximate surface area is 145 Å². The smallest absolute Gasteiger partial charge is 0.224 e. The number of para-hydroxylation sites is 2. The predicted octanol–water partition coefficient (Wildman–Crippen LogP) is 4.21. The lowest BCUT2D eigenvalue weighted by molar-refractivity contribution is 0.588. The molecule has 0 radical (unpaired) electrons. The van der Waals surface area contributed by atoms with Crippen molar-refractivity contribution in [1.82, 2.24) is 9.97 Å². The van der Waals surface area contributed by atoms with Crippen LogP contribution in [0.3, 0.4) is 0 Å². The van der Waals surface area contributed by atoms with E-state index in [-0.39, 0.29) is 10.2 Å². The minimum absolute atomic E-state index is 0.0976. The molecule has 0 aliphatic rings. The summed E-state index contributed by atoms with van der Waals surface area (Å²) in [6, 6.07) is 14.2. The highest BCUT2D eigenvalue weighted by Crippen LogP contribution is 2.30. The van der Waals surface area contributed by atoms with E-state index >= 15 is 0 Å². The fourth-order valence-corrected chi connectivity index (χ4v) is 3.72. The van der Waals surface area contributed by atoms with Gasteiger partial charge < -0.3 is 5.32 Å². The van der Waals surface area contributed by atoms with Crippen LogP contribution in [-0.4, -0.2) is 23.6 Å². The molecule has 0 amide bonds. The summed E-state index contributed by atoms with van der Waals surface area (Å²) in [6.07, 6.45) is 0. The molecule has 0 spiro atoms. The van der Waals surface area contributed by atoms with Gasteiger partial charge in [0, 0.05) is 5.39 Å². The van der Waals surface area contributed by atoms with Crippen LogP contribution in [0.15, 0.2) is 53.4 Å². The number of benzene rings is 2. The van der Waals surface area contributed by atoms with Crippen LogP contribution in [0.2, 0.25) is 5.28 Å². The molecular formula is C17H16ClN3O2S. The lowest BCUT2D eigenvalue weighted by atomic mass is 10.2. The van der Waals surface area contributed by atoms with Crippen molar-refractivity contribution in [3.8, 4) is 0 Å². The maximum absolute atomic E-state index is 12.6. The van der Waals surface area contributed by atoms with Gasteiger partial charge in [-0.1, -0.05) is 24.3 Å². The molecule has 3 rings (SSSR count). The first-order chi connectivity index (χ1) is 11.4. The van der Waals surface area contributed by atoms with Crippen molar-refractivity contribution in [2.24, 2.45) is 0 Å². The summed E-state index contributed by atoms with van der Waals surface area (Å²) < 4.78 is 25.1. The topological polar surface area (TPSA) is 72.0 Å². The van der Waals surface area contributed by atoms with Gasteiger partial charge in [0.1, 0.15) is 5.82 Å². The predicted molar refractivity (Wildman–Crippen MR) is 96.6 cm³/mol. The Balaban J connectivity index is 2.14. The van der Waals surface area contributed by atoms with Crippen molar-refractivity contribution in [2.45, 2.75) is 24.0 Å². The largest absolute Gasteiger partial charge is 0.339 e. The van der Waals surface area contributed by atoms with E-state index in [0.29, 0.717) is 17.0 Å². The van der Waals surface area contributed by atoms with Crippen LogP contribution in [0.5, 0.6) is 0 Å². The Morgan fingerprint density at radius 1 is 1.00 bits per heavy atom. The zero-order valence-corrected chi connectivity index (χ0v) is 14.8. The van der Waals surface area contributed by atoms with Gasteiger partial charge in [0.25, 0.3) is 0 Å². The van der Waals surface area contributed by atoms with Crippen LogP contribution in [0.25, 0.3) is 10.9 Å². The highest BCUT2D eigenvalue weighted by atomic mass is 35.5. The molecule has 1 aromatic heterocycles. The highest BCUT2D eigenvalue weighted by Gasteiger charge is 2.23. The van der Waals surface area contributed by atoms with Crippen molar-refractivity contribution in [3.05, 3.63) is 53.8 Å². The molecule has 0 saturated carbocycles. The minimum atomic E-state index is -3.43. The number of fused-ring (bicyclic) bond motifs is 1. The summed E-state index contributed by atoms with van der Waals surface area (Å²) in [6.45, 7) is 3.31. The number of nitrogens with one attached hydrogen (secondary N) is 1. The molecule has 0 aliphatic carbocycles. The van der Waals surface area contributed by atoms with Crippen molar-refractivity contribution in [3.63, 3.8) is 0 Å². The van der Waals surface area contributed by atoms with Crippen LogP contribution in [0, 0.1) is 0 Å². The first-order valence-electron chi connectivity index (χ1n) is 7.42. The number of sulfone groups is 1. The molecule has 0 aliphatic heterocycles. The van der Waals surface area contributed by atoms with Gasteiger partial charge in [-0.25, -0.2) is 13.4 Å². The molecule has 2 aromatic carbocycles. The number of hydrogen-bond acceptors (Lipinski definition) is 5. The molecule has 24 heavy (non-hydrogen) atoms. The quantitative estimate of drug-likeness (QED) is 0.705. The summed E-state index contributed by atoms with van der Waals surface area (Å²) in [5.74, 6) is 0.469. The maximum atomic E-state index is 12.6. The van der Waals surface area contributed by atoms with Gasteiger partial charge in [0.05, 0.1) is 21.3 Å². The third kappa shape index (κ3) is 3.07. The molecule has 7 heteroatoms. The second-order valence-corrected chi connectivity index (χ2v) is 8.38. The standard InChI is InChI=1S/C17H16ClN3O2S/c1-11(2)24(22,23)15-10-6-5-9-14(15)19-16-12-7-3-4-8-13(12)20-17(18)21-16/h3-11H,1-2H3,(H,19,20,21). The molecule has 1 N–H and O–H groups in total. The zero-order chi connectivity index (χ0) is 17.3. The summed E-state index contributed by atoms with van der Waals surface area (Å²) in [5.41, 5.74) is 1.15. The van der Waals surface area contributed by atoms with Crippen molar-refractivity contribution in [1.29, 1.82) is 0 Å². The third-order valence-electron chi connectivity index (χ3n) is 3.64. The number of aromatic nitrogens is 2. The van der Waals surface area contributed by atoms with Gasteiger partial charge in [-0.15, -0.1) is 0 Å². The van der Waals surface area contributed by atoms with Crippen molar-refractivity contribution >= 4 is 43.8 Å². The van der Waals surface area contributed by atoms with Crippen molar-refractivity contribution < 1.29 is 8.42 Å². The lowest BCUT2D eigenvalue weighted by Crippen LogP contribution is -2.15. The Morgan fingerprint density at radius 2 is 1.67 bits per heavy atom. The van der Waals surface area contributed by atoms with Gasteiger partial charge >= 0.3 is 0 Å². The Hall–Kier alpha value is -2.18. The average Bonchev–Trinajstić information content (AvgIpc) is 2.55. The van der Waals surface area contributed by atoms with E-state index < -0.39 is 15.1 Å². The molecule has 5 nitrogen and oxygen atoms in total. The SMILES string of the molecule is CC(C)S(=O)(=O)c1ccccc1Nc1nc(Cl)nc2ccccc12. The highest BCUT2D eigenvalue weighted by molar-refractivity contribution is 7.92. The van der Waals surface area contributed by atoms with Gasteiger partial charge in [0.15, 0.2) is 9.84 Å². The zero-order valence-electron chi connectivity index (χ0n) is 13.2. The van der Waals surface area contributed by atoms with Crippen LogP contribution in [-0.2, 0) is 9.84 Å². The fraction of sp³-hybridized carbons (Fsp3) is 0.176. The maximum Gasteiger partial charge on any atom is 0.224 e. The molecule has 3 aromatic rings. The molecule has 0 bridgehead atoms. The van der Waals surface area contributed by atoms with E-state index in [4.69, 9.17) is 11.6 Å². The molecule has 0 fully saturated rings. The monoisotopic (exact) mass is 361 g/mol. The van der Waals surface area contributed by atoms with E-state index in [1.54, 1.807) is 38.1 Å². The average molecular weight is 362 g/mol. The molecule has 0 saturated heterocycles. The van der Waals surface area contributed by atoms with Gasteiger partial charge in [-0.2, -0.15) is 4.98 Å². The fourth-order valence-electron chi connectivity index (χ4n) is 2.34. The van der Waals surface area contributed by atoms with Crippen LogP contribution < -0.4 is 5.32 Å². The lowest BCUT2D eigenvalue weighted by Gasteiger charge is -2.15. The van der Waals surface area contributed by atoms with E-state index in [1.807, 2.05) is 24.3 Å². The number of rotatable bonds is 4. The second kappa shape index (κ2) is 6.37. The summed E-state index contributed by atoms with van der Waals surface area (Å²) >= 11 is 5.99. The normalized spacial score (nSPS) is 11.8. The number of halogens is 1. The summed E-state index contributed by atoms with van der Waals surface area (Å²) in [5, 5.41) is 3.44. The number of nitrogens with zero attached hydrogens (tertiary/aromatic N) is 2. The summed E-state index contributed by atoms with van der Waals surface area (Å²) in [4.78, 5) is 8.62. The second-order valence-electron chi connectivity index (χ2n) is 5.57. The minimum Gasteiger partial charge on any atom is -0.339 e. The van der Waals surface area contributed by atoms with E-state index in [0.717, 1.165) is 5.39 Å². The van der Waals surface area contributed by atoms with Gasteiger partial charge in [0.2, 0.25) is 5.28 Å². The Kier molecular flexibility index (Phi) is 4.43. The Morgan fingerprint density at radius 3 is 2.42 bits per heavy atom. The first-order valence-corrected chi connectivity index (χ1v) is 9.34. The van der Waals surface area contributed by atoms with Gasteiger partial charge in [-0.05, 0) is 49.7 Å². The van der Waals surface area contributed by atoms with Crippen LogP contribution in [0.4, 0.5) is 11.5 Å². The molecule has 1 heterocycles. The summed E-state index contributed by atoms with van der Waals surface area (Å²) in [7, 11) is -3.43. The molecule has 0 unspecified atom stereocenters. The first kappa shape index (κ1) is 16.7. The molecule has 124 valence electrons. The molecular weight excluding hydrogens is 346 g/mol. The third-order valence-corrected chi connectivity index (χ3v) is 6.02. The molecule has 0 atom stereocenters. The van der Waals surface area contributed by atoms with Crippen molar-refractivity contribution in [2.75, 3.05) is 5.32 Å². The van der Waals surface area contributed by atoms with Gasteiger partial charge in [-0.3, -0.25) is 0 Å². The number of hydrogen-bond donors (Lipinski definition) is 1. The number of anilines is 2. The van der Waals surface area contributed by atoms with Crippen LogP contribution >= 0.6 is 11.6 Å². The van der Waals surface area contributed by atoms with E-state index in [1.165, 1.54) is 0 Å². The van der Waals surface area contributed by atoms with E-state index in [9.17, 15) is 8.42 Å². The van der Waals surface area contributed by atoms with Crippen LogP contribution in [0.1, 0.15) is 13.8 Å².